The second-order valence-corrected chi connectivity index (χ2v) is 6.21. The Morgan fingerprint density at radius 3 is 2.44 bits per heavy atom. The first kappa shape index (κ1) is 19.0. The zero-order valence-electron chi connectivity index (χ0n) is 14.9. The number of benzene rings is 2. The average Bonchev–Trinajstić information content (AvgIpc) is 2.64. The van der Waals surface area contributed by atoms with Crippen molar-refractivity contribution in [1.29, 1.82) is 0 Å². The van der Waals surface area contributed by atoms with Crippen LogP contribution in [0.15, 0.2) is 41.3 Å². The molecule has 0 aliphatic carbocycles. The molecule has 6 heteroatoms. The molecule has 2 aromatic rings. The van der Waals surface area contributed by atoms with E-state index in [1.54, 1.807) is 44.6 Å². The van der Waals surface area contributed by atoms with Crippen LogP contribution in [0.5, 0.6) is 17.2 Å². The van der Waals surface area contributed by atoms with E-state index in [0.29, 0.717) is 34.9 Å². The van der Waals surface area contributed by atoms with Gasteiger partial charge in [-0.25, -0.2) is 0 Å². The molecule has 0 aliphatic heterocycles. The maximum Gasteiger partial charge on any atom is 0.207 e. The monoisotopic (exact) mass is 361 g/mol. The third-order valence-corrected chi connectivity index (χ3v) is 4.53. The zero-order valence-corrected chi connectivity index (χ0v) is 15.7. The van der Waals surface area contributed by atoms with Crippen LogP contribution in [0.4, 0.5) is 5.69 Å². The summed E-state index contributed by atoms with van der Waals surface area (Å²) < 4.78 is 16.7. The summed E-state index contributed by atoms with van der Waals surface area (Å²) in [5.74, 6) is 1.54. The summed E-state index contributed by atoms with van der Waals surface area (Å²) in [6, 6.07) is 10.6. The second kappa shape index (κ2) is 8.67. The Bertz CT molecular complexity index is 748. The third kappa shape index (κ3) is 4.39. The molecular weight excluding hydrogens is 338 g/mol. The van der Waals surface area contributed by atoms with E-state index in [1.165, 1.54) is 11.8 Å². The number of thioether (sulfide) groups is 1. The number of methoxy groups -OCH3 is 2. The molecule has 0 aliphatic rings. The number of carbonyl (C=O) groups is 1. The van der Waals surface area contributed by atoms with Crippen LogP contribution in [0, 0.1) is 0 Å². The number of ether oxygens (including phenoxy) is 3. The standard InChI is InChI=1S/C19H23NO4S/c1-5-15(24-13-8-6-7-12(20)9-13)19(21)14-10-17(23-3)18(25-4)11-16(14)22-2/h6-11,15H,5,20H2,1-4H3. The number of Topliss-reactive ketones (excluding diaryl/α,β-unsaturated/α-hetero) is 1. The van der Waals surface area contributed by atoms with Crippen molar-refractivity contribution in [2.45, 2.75) is 24.3 Å². The minimum atomic E-state index is -0.638. The molecule has 0 radical (unpaired) electrons. The Kier molecular flexibility index (Phi) is 6.58. The molecular formula is C19H23NO4S. The first-order valence-electron chi connectivity index (χ1n) is 7.90. The van der Waals surface area contributed by atoms with Gasteiger partial charge in [-0.15, -0.1) is 11.8 Å². The highest BCUT2D eigenvalue weighted by Crippen LogP contribution is 2.35. The van der Waals surface area contributed by atoms with Crippen molar-refractivity contribution in [3.63, 3.8) is 0 Å². The highest BCUT2D eigenvalue weighted by atomic mass is 32.2. The molecule has 0 amide bonds. The van der Waals surface area contributed by atoms with Crippen molar-refractivity contribution in [2.24, 2.45) is 0 Å². The lowest BCUT2D eigenvalue weighted by atomic mass is 10.0. The van der Waals surface area contributed by atoms with E-state index in [4.69, 9.17) is 19.9 Å². The molecule has 1 atom stereocenters. The predicted molar refractivity (Wildman–Crippen MR) is 101 cm³/mol. The first-order chi connectivity index (χ1) is 12.0. The number of hydrogen-bond acceptors (Lipinski definition) is 6. The molecule has 0 fully saturated rings. The van der Waals surface area contributed by atoms with E-state index in [9.17, 15) is 4.79 Å². The van der Waals surface area contributed by atoms with Gasteiger partial charge in [-0.1, -0.05) is 13.0 Å². The topological polar surface area (TPSA) is 70.8 Å². The smallest absolute Gasteiger partial charge is 0.207 e. The van der Waals surface area contributed by atoms with Crippen LogP contribution in [0.2, 0.25) is 0 Å². The maximum atomic E-state index is 13.0. The van der Waals surface area contributed by atoms with Crippen molar-refractivity contribution in [3.8, 4) is 17.2 Å². The number of anilines is 1. The van der Waals surface area contributed by atoms with Gasteiger partial charge in [0.1, 0.15) is 17.2 Å². The molecule has 0 saturated carbocycles. The van der Waals surface area contributed by atoms with Crippen LogP contribution >= 0.6 is 11.8 Å². The number of nitrogens with two attached hydrogens (primary N) is 1. The van der Waals surface area contributed by atoms with Crippen molar-refractivity contribution < 1.29 is 19.0 Å². The van der Waals surface area contributed by atoms with Crippen LogP contribution < -0.4 is 19.9 Å². The van der Waals surface area contributed by atoms with Crippen molar-refractivity contribution in [1.82, 2.24) is 0 Å². The minimum absolute atomic E-state index is 0.160. The molecule has 0 spiro atoms. The highest BCUT2D eigenvalue weighted by molar-refractivity contribution is 7.98. The molecule has 0 bridgehead atoms. The number of nitrogen functional groups attached to an aromatic ring is 1. The van der Waals surface area contributed by atoms with E-state index in [-0.39, 0.29) is 5.78 Å². The summed E-state index contributed by atoms with van der Waals surface area (Å²) in [6.45, 7) is 1.90. The average molecular weight is 361 g/mol. The molecule has 1 unspecified atom stereocenters. The van der Waals surface area contributed by atoms with Gasteiger partial charge in [0.05, 0.1) is 24.7 Å². The van der Waals surface area contributed by atoms with Gasteiger partial charge in [0.25, 0.3) is 0 Å². The van der Waals surface area contributed by atoms with Crippen LogP contribution in [0.1, 0.15) is 23.7 Å². The Hall–Kier alpha value is -2.34. The van der Waals surface area contributed by atoms with Gasteiger partial charge >= 0.3 is 0 Å². The van der Waals surface area contributed by atoms with Crippen molar-refractivity contribution in [2.75, 3.05) is 26.2 Å². The fourth-order valence-electron chi connectivity index (χ4n) is 2.47. The van der Waals surface area contributed by atoms with Gasteiger partial charge in [-0.2, -0.15) is 0 Å². The Morgan fingerprint density at radius 1 is 1.16 bits per heavy atom. The van der Waals surface area contributed by atoms with Gasteiger partial charge in [-0.3, -0.25) is 4.79 Å². The van der Waals surface area contributed by atoms with Gasteiger partial charge in [0, 0.05) is 11.8 Å². The summed E-state index contributed by atoms with van der Waals surface area (Å²) in [5, 5.41) is 0. The molecule has 2 N–H and O–H groups in total. The summed E-state index contributed by atoms with van der Waals surface area (Å²) in [6.07, 6.45) is 1.82. The van der Waals surface area contributed by atoms with Crippen LogP contribution in [-0.2, 0) is 0 Å². The summed E-state index contributed by atoms with van der Waals surface area (Å²) in [7, 11) is 3.12. The van der Waals surface area contributed by atoms with Crippen molar-refractivity contribution >= 4 is 23.2 Å². The number of hydrogen-bond donors (Lipinski definition) is 1. The maximum absolute atomic E-state index is 13.0. The molecule has 0 aromatic heterocycles. The normalized spacial score (nSPS) is 11.7. The lowest BCUT2D eigenvalue weighted by molar-refractivity contribution is 0.0783. The lowest BCUT2D eigenvalue weighted by Crippen LogP contribution is -2.27. The Labute approximate surface area is 152 Å². The molecule has 134 valence electrons. The van der Waals surface area contributed by atoms with Crippen LogP contribution in [-0.4, -0.2) is 32.4 Å². The van der Waals surface area contributed by atoms with E-state index in [2.05, 4.69) is 0 Å². The summed E-state index contributed by atoms with van der Waals surface area (Å²) >= 11 is 1.53. The van der Waals surface area contributed by atoms with Gasteiger partial charge in [0.2, 0.25) is 5.78 Å². The highest BCUT2D eigenvalue weighted by Gasteiger charge is 2.25. The molecule has 2 aromatic carbocycles. The van der Waals surface area contributed by atoms with E-state index >= 15 is 0 Å². The van der Waals surface area contributed by atoms with Crippen LogP contribution in [0.25, 0.3) is 0 Å². The summed E-state index contributed by atoms with van der Waals surface area (Å²) in [4.78, 5) is 13.9. The lowest BCUT2D eigenvalue weighted by Gasteiger charge is -2.19. The first-order valence-corrected chi connectivity index (χ1v) is 9.12. The third-order valence-electron chi connectivity index (χ3n) is 3.77. The minimum Gasteiger partial charge on any atom is -0.496 e. The number of carbonyl (C=O) groups excluding carboxylic acids is 1. The Balaban J connectivity index is 2.36. The molecule has 0 saturated heterocycles. The number of rotatable bonds is 8. The predicted octanol–water partition coefficient (Wildman–Crippen LogP) is 4.05. The van der Waals surface area contributed by atoms with Crippen LogP contribution in [0.3, 0.4) is 0 Å². The Morgan fingerprint density at radius 2 is 1.88 bits per heavy atom. The van der Waals surface area contributed by atoms with E-state index in [0.717, 1.165) is 4.90 Å². The molecule has 0 heterocycles. The van der Waals surface area contributed by atoms with Gasteiger partial charge in [0.15, 0.2) is 6.10 Å². The fourth-order valence-corrected chi connectivity index (χ4v) is 3.04. The molecule has 5 nitrogen and oxygen atoms in total. The van der Waals surface area contributed by atoms with E-state index < -0.39 is 6.10 Å². The summed E-state index contributed by atoms with van der Waals surface area (Å²) in [5.41, 5.74) is 6.80. The van der Waals surface area contributed by atoms with Crippen molar-refractivity contribution in [3.05, 3.63) is 42.0 Å². The largest absolute Gasteiger partial charge is 0.496 e. The number of ketones is 1. The SMILES string of the molecule is CCC(Oc1cccc(N)c1)C(=O)c1cc(OC)c(SC)cc1OC. The molecule has 2 rings (SSSR count). The molecule has 25 heavy (non-hydrogen) atoms. The van der Waals surface area contributed by atoms with E-state index in [1.807, 2.05) is 19.2 Å². The van der Waals surface area contributed by atoms with Gasteiger partial charge in [-0.05, 0) is 36.9 Å². The fraction of sp³-hybridized carbons (Fsp3) is 0.316. The quantitative estimate of drug-likeness (QED) is 0.434. The van der Waals surface area contributed by atoms with Gasteiger partial charge < -0.3 is 19.9 Å². The second-order valence-electron chi connectivity index (χ2n) is 5.36. The zero-order chi connectivity index (χ0) is 18.4.